The van der Waals surface area contributed by atoms with Crippen LogP contribution in [0.5, 0.6) is 0 Å². The summed E-state index contributed by atoms with van der Waals surface area (Å²) in [4.78, 5) is 13.8. The fourth-order valence-corrected chi connectivity index (χ4v) is 2.36. The van der Waals surface area contributed by atoms with Crippen molar-refractivity contribution in [3.63, 3.8) is 0 Å². The largest absolute Gasteiger partial charge is 0.339 e. The summed E-state index contributed by atoms with van der Waals surface area (Å²) in [6, 6.07) is 6.44. The molecule has 0 spiro atoms. The van der Waals surface area contributed by atoms with Crippen LogP contribution in [0.3, 0.4) is 0 Å². The number of likely N-dealkylation sites (tertiary alicyclic amines) is 1. The number of carbonyl (C=O) groups excluding carboxylic acids is 1. The quantitative estimate of drug-likeness (QED) is 0.841. The maximum absolute atomic E-state index is 13.4. The van der Waals surface area contributed by atoms with E-state index in [0.29, 0.717) is 11.5 Å². The summed E-state index contributed by atoms with van der Waals surface area (Å²) in [7, 11) is 1.92. The maximum atomic E-state index is 13.4. The Balaban J connectivity index is 1.93. The summed E-state index contributed by atoms with van der Waals surface area (Å²) in [5.41, 5.74) is 0.446. The Kier molecular flexibility index (Phi) is 4.68. The molecule has 102 valence electrons. The first-order valence-corrected chi connectivity index (χ1v) is 6.57. The van der Waals surface area contributed by atoms with Gasteiger partial charge in [0.15, 0.2) is 0 Å². The van der Waals surface area contributed by atoms with Gasteiger partial charge in [0, 0.05) is 24.7 Å². The molecule has 19 heavy (non-hydrogen) atoms. The Morgan fingerprint density at radius 1 is 1.53 bits per heavy atom. The standard InChI is InChI=1S/C15H19FN2O/c1-17-10-12-8-9-18(11-12)15(19)7-6-13-4-2-3-5-14(13)16/h2-7,12,17H,8-11H2,1H3/b7-6+. The molecule has 1 heterocycles. The van der Waals surface area contributed by atoms with Crippen LogP contribution in [0.25, 0.3) is 6.08 Å². The lowest BCUT2D eigenvalue weighted by atomic mass is 10.1. The molecule has 0 radical (unpaired) electrons. The molecule has 1 aliphatic rings. The van der Waals surface area contributed by atoms with Crippen molar-refractivity contribution < 1.29 is 9.18 Å². The molecule has 1 aromatic rings. The monoisotopic (exact) mass is 262 g/mol. The van der Waals surface area contributed by atoms with E-state index in [1.807, 2.05) is 11.9 Å². The summed E-state index contributed by atoms with van der Waals surface area (Å²) in [5.74, 6) is 0.179. The van der Waals surface area contributed by atoms with Crippen molar-refractivity contribution >= 4 is 12.0 Å². The summed E-state index contributed by atoms with van der Waals surface area (Å²) in [6.45, 7) is 2.49. The minimum atomic E-state index is -0.305. The van der Waals surface area contributed by atoms with E-state index < -0.39 is 0 Å². The first-order chi connectivity index (χ1) is 9.20. The van der Waals surface area contributed by atoms with Gasteiger partial charge < -0.3 is 10.2 Å². The number of rotatable bonds is 4. The zero-order chi connectivity index (χ0) is 13.7. The third-order valence-corrected chi connectivity index (χ3v) is 3.40. The molecule has 1 fully saturated rings. The fourth-order valence-electron chi connectivity index (χ4n) is 2.36. The topological polar surface area (TPSA) is 32.3 Å². The molecule has 1 amide bonds. The summed E-state index contributed by atoms with van der Waals surface area (Å²) >= 11 is 0. The molecule has 1 atom stereocenters. The van der Waals surface area contributed by atoms with Gasteiger partial charge in [0.1, 0.15) is 5.82 Å². The normalized spacial score (nSPS) is 19.3. The summed E-state index contributed by atoms with van der Waals surface area (Å²) in [6.07, 6.45) is 4.03. The number of amides is 1. The number of hydrogen-bond donors (Lipinski definition) is 1. The van der Waals surface area contributed by atoms with Gasteiger partial charge in [-0.1, -0.05) is 18.2 Å². The average Bonchev–Trinajstić information content (AvgIpc) is 2.87. The molecule has 2 rings (SSSR count). The highest BCUT2D eigenvalue weighted by Crippen LogP contribution is 2.16. The van der Waals surface area contributed by atoms with Gasteiger partial charge in [-0.3, -0.25) is 4.79 Å². The zero-order valence-electron chi connectivity index (χ0n) is 11.1. The molecule has 1 N–H and O–H groups in total. The Labute approximate surface area is 113 Å². The lowest BCUT2D eigenvalue weighted by Gasteiger charge is -2.14. The van der Waals surface area contributed by atoms with Crippen LogP contribution in [-0.4, -0.2) is 37.5 Å². The molecule has 1 unspecified atom stereocenters. The van der Waals surface area contributed by atoms with E-state index in [1.165, 1.54) is 12.1 Å². The van der Waals surface area contributed by atoms with Crippen LogP contribution in [-0.2, 0) is 4.79 Å². The smallest absolute Gasteiger partial charge is 0.246 e. The predicted molar refractivity (Wildman–Crippen MR) is 74.0 cm³/mol. The average molecular weight is 262 g/mol. The molecule has 0 aromatic heterocycles. The number of hydrogen-bond acceptors (Lipinski definition) is 2. The highest BCUT2D eigenvalue weighted by atomic mass is 19.1. The van der Waals surface area contributed by atoms with Crippen LogP contribution in [0.2, 0.25) is 0 Å². The minimum absolute atomic E-state index is 0.0399. The second-order valence-electron chi connectivity index (χ2n) is 4.85. The van der Waals surface area contributed by atoms with Crippen molar-refractivity contribution in [1.29, 1.82) is 0 Å². The third kappa shape index (κ3) is 3.64. The number of nitrogens with zero attached hydrogens (tertiary/aromatic N) is 1. The van der Waals surface area contributed by atoms with Gasteiger partial charge in [-0.2, -0.15) is 0 Å². The highest BCUT2D eigenvalue weighted by molar-refractivity contribution is 5.92. The number of carbonyl (C=O) groups is 1. The van der Waals surface area contributed by atoms with E-state index >= 15 is 0 Å². The van der Waals surface area contributed by atoms with Gasteiger partial charge in [0.2, 0.25) is 5.91 Å². The number of benzene rings is 1. The van der Waals surface area contributed by atoms with E-state index in [1.54, 1.807) is 24.3 Å². The second-order valence-corrected chi connectivity index (χ2v) is 4.85. The highest BCUT2D eigenvalue weighted by Gasteiger charge is 2.24. The van der Waals surface area contributed by atoms with Gasteiger partial charge >= 0.3 is 0 Å². The van der Waals surface area contributed by atoms with Crippen molar-refractivity contribution in [2.45, 2.75) is 6.42 Å². The van der Waals surface area contributed by atoms with Crippen LogP contribution >= 0.6 is 0 Å². The van der Waals surface area contributed by atoms with Crippen molar-refractivity contribution in [3.05, 3.63) is 41.7 Å². The van der Waals surface area contributed by atoms with E-state index in [0.717, 1.165) is 26.1 Å². The SMILES string of the molecule is CNCC1CCN(C(=O)/C=C/c2ccccc2F)C1. The molecule has 1 aliphatic heterocycles. The van der Waals surface area contributed by atoms with Gasteiger partial charge in [-0.05, 0) is 38.1 Å². The van der Waals surface area contributed by atoms with E-state index in [4.69, 9.17) is 0 Å². The van der Waals surface area contributed by atoms with Crippen molar-refractivity contribution in [2.75, 3.05) is 26.7 Å². The molecule has 1 saturated heterocycles. The van der Waals surface area contributed by atoms with Crippen LogP contribution in [0.15, 0.2) is 30.3 Å². The molecule has 3 nitrogen and oxygen atoms in total. The Hall–Kier alpha value is -1.68. The lowest BCUT2D eigenvalue weighted by molar-refractivity contribution is -0.125. The van der Waals surface area contributed by atoms with E-state index in [-0.39, 0.29) is 11.7 Å². The summed E-state index contributed by atoms with van der Waals surface area (Å²) < 4.78 is 13.4. The van der Waals surface area contributed by atoms with Crippen molar-refractivity contribution in [3.8, 4) is 0 Å². The third-order valence-electron chi connectivity index (χ3n) is 3.40. The van der Waals surface area contributed by atoms with Gasteiger partial charge in [-0.25, -0.2) is 4.39 Å². The first-order valence-electron chi connectivity index (χ1n) is 6.57. The lowest BCUT2D eigenvalue weighted by Crippen LogP contribution is -2.28. The van der Waals surface area contributed by atoms with Crippen LogP contribution in [0, 0.1) is 11.7 Å². The maximum Gasteiger partial charge on any atom is 0.246 e. The van der Waals surface area contributed by atoms with Gasteiger partial charge in [0.25, 0.3) is 0 Å². The Morgan fingerprint density at radius 3 is 3.05 bits per heavy atom. The molecular formula is C15H19FN2O. The van der Waals surface area contributed by atoms with Gasteiger partial charge in [0.05, 0.1) is 0 Å². The van der Waals surface area contributed by atoms with Crippen molar-refractivity contribution in [1.82, 2.24) is 10.2 Å². The molecule has 0 bridgehead atoms. The minimum Gasteiger partial charge on any atom is -0.339 e. The molecule has 1 aromatic carbocycles. The van der Waals surface area contributed by atoms with E-state index in [2.05, 4.69) is 5.32 Å². The van der Waals surface area contributed by atoms with Crippen LogP contribution < -0.4 is 5.32 Å². The molecule has 4 heteroatoms. The van der Waals surface area contributed by atoms with E-state index in [9.17, 15) is 9.18 Å². The van der Waals surface area contributed by atoms with Crippen molar-refractivity contribution in [2.24, 2.45) is 5.92 Å². The van der Waals surface area contributed by atoms with Gasteiger partial charge in [-0.15, -0.1) is 0 Å². The number of halogens is 1. The first kappa shape index (κ1) is 13.7. The molecule has 0 aliphatic carbocycles. The van der Waals surface area contributed by atoms with Crippen LogP contribution in [0.4, 0.5) is 4.39 Å². The molecule has 0 saturated carbocycles. The van der Waals surface area contributed by atoms with Crippen LogP contribution in [0.1, 0.15) is 12.0 Å². The fraction of sp³-hybridized carbons (Fsp3) is 0.400. The predicted octanol–water partition coefficient (Wildman–Crippen LogP) is 1.91. The Bertz CT molecular complexity index is 473. The summed E-state index contributed by atoms with van der Waals surface area (Å²) in [5, 5.41) is 3.13. The number of nitrogens with one attached hydrogen (secondary N) is 1. The Morgan fingerprint density at radius 2 is 2.32 bits per heavy atom. The zero-order valence-corrected chi connectivity index (χ0v) is 11.1. The molecular weight excluding hydrogens is 243 g/mol. The second kappa shape index (κ2) is 6.48.